The van der Waals surface area contributed by atoms with Gasteiger partial charge in [-0.05, 0) is 37.0 Å². The van der Waals surface area contributed by atoms with Gasteiger partial charge >= 0.3 is 0 Å². The molecular weight excluding hydrogens is 218 g/mol. The van der Waals surface area contributed by atoms with Crippen LogP contribution in [0.25, 0.3) is 0 Å². The van der Waals surface area contributed by atoms with Crippen molar-refractivity contribution in [2.75, 3.05) is 0 Å². The second kappa shape index (κ2) is 6.93. The Kier molecular flexibility index (Phi) is 6.17. The highest BCUT2D eigenvalue weighted by Crippen LogP contribution is 2.44. The van der Waals surface area contributed by atoms with Crippen LogP contribution in [0.2, 0.25) is 0 Å². The molecule has 1 rings (SSSR count). The zero-order valence-electron chi connectivity index (χ0n) is 13.2. The highest BCUT2D eigenvalue weighted by Gasteiger charge is 2.39. The lowest BCUT2D eigenvalue weighted by Crippen LogP contribution is -2.49. The normalized spacial score (nSPS) is 31.5. The average Bonchev–Trinajstić information content (AvgIpc) is 2.19. The van der Waals surface area contributed by atoms with Crippen molar-refractivity contribution in [3.05, 3.63) is 0 Å². The fourth-order valence-corrected chi connectivity index (χ4v) is 4.25. The van der Waals surface area contributed by atoms with Crippen molar-refractivity contribution in [1.82, 2.24) is 0 Å². The number of rotatable bonds is 7. The summed E-state index contributed by atoms with van der Waals surface area (Å²) in [5.41, 5.74) is 7.25. The summed E-state index contributed by atoms with van der Waals surface area (Å²) in [6.45, 7) is 9.45. The van der Waals surface area contributed by atoms with Gasteiger partial charge in [-0.3, -0.25) is 0 Å². The highest BCUT2D eigenvalue weighted by molar-refractivity contribution is 4.96. The largest absolute Gasteiger partial charge is 0.325 e. The molecule has 108 valence electrons. The van der Waals surface area contributed by atoms with Gasteiger partial charge in [0.05, 0.1) is 0 Å². The number of nitrogens with two attached hydrogens (primary N) is 1. The minimum absolute atomic E-state index is 0.131. The molecule has 2 unspecified atom stereocenters. The number of unbranched alkanes of at least 4 members (excludes halogenated alkanes) is 5. The van der Waals surface area contributed by atoms with E-state index in [4.69, 9.17) is 5.73 Å². The Morgan fingerprint density at radius 1 is 1.00 bits per heavy atom. The molecule has 1 fully saturated rings. The molecule has 0 bridgehead atoms. The molecule has 0 spiro atoms. The summed E-state index contributed by atoms with van der Waals surface area (Å²) in [5.74, 6) is 0.804. The molecule has 1 aliphatic rings. The molecule has 0 aliphatic heterocycles. The Morgan fingerprint density at radius 3 is 2.22 bits per heavy atom. The molecule has 18 heavy (non-hydrogen) atoms. The van der Waals surface area contributed by atoms with E-state index in [1.54, 1.807) is 0 Å². The average molecular weight is 253 g/mol. The molecule has 1 heteroatoms. The van der Waals surface area contributed by atoms with E-state index in [1.807, 2.05) is 0 Å². The maximum atomic E-state index is 6.67. The van der Waals surface area contributed by atoms with Gasteiger partial charge in [0, 0.05) is 5.54 Å². The first-order valence-electron chi connectivity index (χ1n) is 8.16. The summed E-state index contributed by atoms with van der Waals surface area (Å²) in [6.07, 6.45) is 13.3. The Morgan fingerprint density at radius 2 is 1.61 bits per heavy atom. The second-order valence-electron chi connectivity index (χ2n) is 7.73. The standard InChI is InChI=1S/C17H35N/c1-5-6-7-8-9-10-11-17(18)13-15(2)12-16(3,4)14-17/h15H,5-14,18H2,1-4H3. The van der Waals surface area contributed by atoms with Crippen molar-refractivity contribution in [1.29, 1.82) is 0 Å². The van der Waals surface area contributed by atoms with Crippen molar-refractivity contribution in [2.45, 2.75) is 97.4 Å². The third-order valence-electron chi connectivity index (χ3n) is 4.51. The number of hydrogen-bond acceptors (Lipinski definition) is 1. The molecule has 0 aromatic heterocycles. The smallest absolute Gasteiger partial charge is 0.0162 e. The Balaban J connectivity index is 2.26. The predicted molar refractivity (Wildman–Crippen MR) is 81.7 cm³/mol. The highest BCUT2D eigenvalue weighted by atomic mass is 14.8. The lowest BCUT2D eigenvalue weighted by atomic mass is 9.63. The van der Waals surface area contributed by atoms with Crippen LogP contribution in [0.3, 0.4) is 0 Å². The van der Waals surface area contributed by atoms with E-state index in [1.165, 1.54) is 64.2 Å². The minimum Gasteiger partial charge on any atom is -0.325 e. The van der Waals surface area contributed by atoms with Gasteiger partial charge in [-0.15, -0.1) is 0 Å². The molecule has 2 N–H and O–H groups in total. The summed E-state index contributed by atoms with van der Waals surface area (Å²) in [7, 11) is 0. The number of hydrogen-bond donors (Lipinski definition) is 1. The van der Waals surface area contributed by atoms with Crippen molar-refractivity contribution in [2.24, 2.45) is 17.1 Å². The Labute approximate surface area is 115 Å². The lowest BCUT2D eigenvalue weighted by Gasteiger charge is -2.46. The van der Waals surface area contributed by atoms with Gasteiger partial charge in [0.1, 0.15) is 0 Å². The van der Waals surface area contributed by atoms with Crippen molar-refractivity contribution in [3.8, 4) is 0 Å². The van der Waals surface area contributed by atoms with Gasteiger partial charge in [-0.2, -0.15) is 0 Å². The molecule has 0 amide bonds. The summed E-state index contributed by atoms with van der Waals surface area (Å²) in [6, 6.07) is 0. The van der Waals surface area contributed by atoms with Crippen LogP contribution >= 0.6 is 0 Å². The zero-order valence-corrected chi connectivity index (χ0v) is 13.2. The van der Waals surface area contributed by atoms with Gasteiger partial charge in [-0.25, -0.2) is 0 Å². The van der Waals surface area contributed by atoms with Crippen LogP contribution < -0.4 is 5.73 Å². The van der Waals surface area contributed by atoms with Crippen LogP contribution in [0, 0.1) is 11.3 Å². The fourth-order valence-electron chi connectivity index (χ4n) is 4.25. The molecule has 0 radical (unpaired) electrons. The summed E-state index contributed by atoms with van der Waals surface area (Å²) in [4.78, 5) is 0. The van der Waals surface area contributed by atoms with Gasteiger partial charge in [-0.1, -0.05) is 66.2 Å². The monoisotopic (exact) mass is 253 g/mol. The topological polar surface area (TPSA) is 26.0 Å². The van der Waals surface area contributed by atoms with E-state index in [2.05, 4.69) is 27.7 Å². The van der Waals surface area contributed by atoms with Crippen LogP contribution in [-0.4, -0.2) is 5.54 Å². The zero-order chi connectivity index (χ0) is 13.6. The van der Waals surface area contributed by atoms with Gasteiger partial charge in [0.25, 0.3) is 0 Å². The molecule has 0 saturated heterocycles. The quantitative estimate of drug-likeness (QED) is 0.614. The van der Waals surface area contributed by atoms with Crippen molar-refractivity contribution in [3.63, 3.8) is 0 Å². The van der Waals surface area contributed by atoms with Gasteiger partial charge < -0.3 is 5.73 Å². The van der Waals surface area contributed by atoms with E-state index in [0.29, 0.717) is 5.41 Å². The molecule has 2 atom stereocenters. The first kappa shape index (κ1) is 16.0. The summed E-state index contributed by atoms with van der Waals surface area (Å²) in [5, 5.41) is 0. The van der Waals surface area contributed by atoms with E-state index >= 15 is 0 Å². The Hall–Kier alpha value is -0.0400. The summed E-state index contributed by atoms with van der Waals surface area (Å²) < 4.78 is 0. The first-order chi connectivity index (χ1) is 8.37. The van der Waals surface area contributed by atoms with Crippen LogP contribution in [0.5, 0.6) is 0 Å². The van der Waals surface area contributed by atoms with Crippen LogP contribution in [0.4, 0.5) is 0 Å². The fraction of sp³-hybridized carbons (Fsp3) is 1.00. The predicted octanol–water partition coefficient (Wildman–Crippen LogP) is 5.28. The maximum Gasteiger partial charge on any atom is 0.0162 e. The van der Waals surface area contributed by atoms with E-state index in [-0.39, 0.29) is 5.54 Å². The molecule has 0 aromatic carbocycles. The molecule has 1 saturated carbocycles. The first-order valence-corrected chi connectivity index (χ1v) is 8.16. The molecule has 0 heterocycles. The van der Waals surface area contributed by atoms with Crippen LogP contribution in [0.1, 0.15) is 91.9 Å². The van der Waals surface area contributed by atoms with Crippen LogP contribution in [-0.2, 0) is 0 Å². The van der Waals surface area contributed by atoms with E-state index in [0.717, 1.165) is 5.92 Å². The third-order valence-corrected chi connectivity index (χ3v) is 4.51. The van der Waals surface area contributed by atoms with Crippen LogP contribution in [0.15, 0.2) is 0 Å². The molecular formula is C17H35N. The molecule has 1 aliphatic carbocycles. The maximum absolute atomic E-state index is 6.67. The van der Waals surface area contributed by atoms with E-state index in [9.17, 15) is 0 Å². The minimum atomic E-state index is 0.131. The second-order valence-corrected chi connectivity index (χ2v) is 7.73. The SMILES string of the molecule is CCCCCCCCC1(N)CC(C)CC(C)(C)C1. The molecule has 1 nitrogen and oxygen atoms in total. The summed E-state index contributed by atoms with van der Waals surface area (Å²) >= 11 is 0. The molecule has 0 aromatic rings. The third kappa shape index (κ3) is 5.73. The van der Waals surface area contributed by atoms with Gasteiger partial charge in [0.15, 0.2) is 0 Å². The van der Waals surface area contributed by atoms with Crippen molar-refractivity contribution < 1.29 is 0 Å². The lowest BCUT2D eigenvalue weighted by molar-refractivity contribution is 0.100. The Bertz CT molecular complexity index is 234. The van der Waals surface area contributed by atoms with E-state index < -0.39 is 0 Å². The van der Waals surface area contributed by atoms with Crippen molar-refractivity contribution >= 4 is 0 Å². The van der Waals surface area contributed by atoms with Gasteiger partial charge in [0.2, 0.25) is 0 Å².